The van der Waals surface area contributed by atoms with Crippen LogP contribution in [0.1, 0.15) is 51.7 Å². The van der Waals surface area contributed by atoms with Crippen LogP contribution in [0.25, 0.3) is 5.57 Å². The van der Waals surface area contributed by atoms with Crippen molar-refractivity contribution in [2.45, 2.75) is 58.7 Å². The van der Waals surface area contributed by atoms with Gasteiger partial charge in [-0.15, -0.1) is 0 Å². The quantitative estimate of drug-likeness (QED) is 0.636. The van der Waals surface area contributed by atoms with Crippen LogP contribution in [0, 0.1) is 0 Å². The molecule has 18 heavy (non-hydrogen) atoms. The molecular formula is C17H26Si. The Morgan fingerprint density at radius 2 is 1.61 bits per heavy atom. The van der Waals surface area contributed by atoms with E-state index in [2.05, 4.69) is 52.0 Å². The summed E-state index contributed by atoms with van der Waals surface area (Å²) in [6.07, 6.45) is 2.47. The second-order valence-electron chi connectivity index (χ2n) is 5.49. The Morgan fingerprint density at radius 1 is 0.944 bits per heavy atom. The van der Waals surface area contributed by atoms with Crippen molar-refractivity contribution in [3.8, 4) is 0 Å². The first-order chi connectivity index (χ1) is 8.72. The van der Waals surface area contributed by atoms with Gasteiger partial charge >= 0.3 is 0 Å². The summed E-state index contributed by atoms with van der Waals surface area (Å²) in [5, 5.41) is 1.87. The summed E-state index contributed by atoms with van der Waals surface area (Å²) in [5.41, 5.74) is 4.87. The standard InChI is InChI=1S/C17H26Si/c1-5-15-16-12-10-9-11-14(16)13-18(7-3,8-4)17(15)6-2/h9-12H,5-8,13H2,1-4H3. The fourth-order valence-electron chi connectivity index (χ4n) is 3.84. The molecule has 1 aromatic carbocycles. The number of allylic oxidation sites excluding steroid dienone is 2. The van der Waals surface area contributed by atoms with Crippen LogP contribution < -0.4 is 0 Å². The van der Waals surface area contributed by atoms with Crippen molar-refractivity contribution in [2.24, 2.45) is 0 Å². The molecule has 0 N–H and O–H groups in total. The van der Waals surface area contributed by atoms with Crippen LogP contribution in [0.15, 0.2) is 29.5 Å². The molecular weight excluding hydrogens is 232 g/mol. The fourth-order valence-corrected chi connectivity index (χ4v) is 8.65. The Bertz CT molecular complexity index is 452. The SMILES string of the molecule is CCC1=C(CC)[Si](CC)(CC)Cc2ccccc21. The van der Waals surface area contributed by atoms with Crippen LogP contribution in [-0.4, -0.2) is 8.07 Å². The first-order valence-corrected chi connectivity index (χ1v) is 10.1. The van der Waals surface area contributed by atoms with E-state index in [1.54, 1.807) is 16.7 Å². The topological polar surface area (TPSA) is 0 Å². The lowest BCUT2D eigenvalue weighted by Gasteiger charge is -2.39. The highest BCUT2D eigenvalue weighted by Crippen LogP contribution is 2.42. The van der Waals surface area contributed by atoms with Gasteiger partial charge in [-0.1, -0.05) is 69.2 Å². The van der Waals surface area contributed by atoms with E-state index < -0.39 is 8.07 Å². The maximum Gasteiger partial charge on any atom is 0.0857 e. The van der Waals surface area contributed by atoms with Crippen molar-refractivity contribution in [3.05, 3.63) is 40.6 Å². The molecule has 1 heteroatoms. The molecule has 0 nitrogen and oxygen atoms in total. The molecule has 2 rings (SSSR count). The Balaban J connectivity index is 2.66. The van der Waals surface area contributed by atoms with Gasteiger partial charge in [-0.2, -0.15) is 0 Å². The maximum absolute atomic E-state index is 2.42. The van der Waals surface area contributed by atoms with Gasteiger partial charge in [0.15, 0.2) is 0 Å². The first kappa shape index (κ1) is 13.6. The lowest BCUT2D eigenvalue weighted by molar-refractivity contribution is 1.04. The van der Waals surface area contributed by atoms with E-state index in [1.165, 1.54) is 31.0 Å². The molecule has 0 fully saturated rings. The van der Waals surface area contributed by atoms with Crippen molar-refractivity contribution >= 4 is 13.6 Å². The largest absolute Gasteiger partial charge is 0.0857 e. The molecule has 0 bridgehead atoms. The molecule has 98 valence electrons. The van der Waals surface area contributed by atoms with Gasteiger partial charge in [0.1, 0.15) is 0 Å². The summed E-state index contributed by atoms with van der Waals surface area (Å²) in [7, 11) is -1.22. The molecule has 1 aromatic rings. The van der Waals surface area contributed by atoms with E-state index in [0.29, 0.717) is 0 Å². The second-order valence-corrected chi connectivity index (χ2v) is 10.4. The van der Waals surface area contributed by atoms with Crippen LogP contribution in [0.2, 0.25) is 12.1 Å². The Hall–Kier alpha value is -0.823. The van der Waals surface area contributed by atoms with Crippen LogP contribution >= 0.6 is 0 Å². The molecule has 0 spiro atoms. The molecule has 0 saturated heterocycles. The van der Waals surface area contributed by atoms with Gasteiger partial charge in [-0.05, 0) is 35.6 Å². The third-order valence-corrected chi connectivity index (χ3v) is 10.6. The first-order valence-electron chi connectivity index (χ1n) is 7.53. The van der Waals surface area contributed by atoms with Crippen molar-refractivity contribution in [3.63, 3.8) is 0 Å². The summed E-state index contributed by atoms with van der Waals surface area (Å²) in [6.45, 7) is 9.54. The predicted octanol–water partition coefficient (Wildman–Crippen LogP) is 5.38. The summed E-state index contributed by atoms with van der Waals surface area (Å²) >= 11 is 0. The van der Waals surface area contributed by atoms with Gasteiger partial charge < -0.3 is 0 Å². The summed E-state index contributed by atoms with van der Waals surface area (Å²) in [6, 6.07) is 13.3. The van der Waals surface area contributed by atoms with Gasteiger partial charge in [0.25, 0.3) is 0 Å². The lowest BCUT2D eigenvalue weighted by Crippen LogP contribution is -2.42. The molecule has 0 unspecified atom stereocenters. The number of benzene rings is 1. The predicted molar refractivity (Wildman–Crippen MR) is 84.4 cm³/mol. The van der Waals surface area contributed by atoms with Crippen LogP contribution in [0.3, 0.4) is 0 Å². The third kappa shape index (κ3) is 1.99. The highest BCUT2D eigenvalue weighted by molar-refractivity contribution is 6.87. The Labute approximate surface area is 113 Å². The van der Waals surface area contributed by atoms with Gasteiger partial charge in [-0.3, -0.25) is 0 Å². The van der Waals surface area contributed by atoms with Crippen molar-refractivity contribution in [2.75, 3.05) is 0 Å². The van der Waals surface area contributed by atoms with E-state index in [-0.39, 0.29) is 0 Å². The van der Waals surface area contributed by atoms with Crippen LogP contribution in [0.4, 0.5) is 0 Å². The molecule has 1 aliphatic heterocycles. The molecule has 1 aliphatic rings. The average molecular weight is 258 g/mol. The number of hydrogen-bond acceptors (Lipinski definition) is 0. The lowest BCUT2D eigenvalue weighted by atomic mass is 9.97. The van der Waals surface area contributed by atoms with E-state index >= 15 is 0 Å². The van der Waals surface area contributed by atoms with Crippen LogP contribution in [0.5, 0.6) is 0 Å². The Morgan fingerprint density at radius 3 is 2.17 bits per heavy atom. The smallest absolute Gasteiger partial charge is 0.0765 e. The van der Waals surface area contributed by atoms with Gasteiger partial charge in [-0.25, -0.2) is 0 Å². The summed E-state index contributed by atoms with van der Waals surface area (Å²) in [4.78, 5) is 0. The van der Waals surface area contributed by atoms with E-state index in [1.807, 2.05) is 5.20 Å². The van der Waals surface area contributed by atoms with Crippen molar-refractivity contribution in [1.29, 1.82) is 0 Å². The normalized spacial score (nSPS) is 17.8. The number of hydrogen-bond donors (Lipinski definition) is 0. The highest BCUT2D eigenvalue weighted by atomic mass is 28.3. The highest BCUT2D eigenvalue weighted by Gasteiger charge is 2.38. The Kier molecular flexibility index (Phi) is 4.11. The number of fused-ring (bicyclic) bond motifs is 1. The maximum atomic E-state index is 2.42. The zero-order chi connectivity index (χ0) is 13.2. The molecule has 0 amide bonds. The van der Waals surface area contributed by atoms with Gasteiger partial charge in [0.05, 0.1) is 8.07 Å². The average Bonchev–Trinajstić information content (AvgIpc) is 2.44. The van der Waals surface area contributed by atoms with E-state index in [4.69, 9.17) is 0 Å². The third-order valence-electron chi connectivity index (χ3n) is 4.94. The minimum atomic E-state index is -1.22. The van der Waals surface area contributed by atoms with Crippen molar-refractivity contribution < 1.29 is 0 Å². The molecule has 1 heterocycles. The van der Waals surface area contributed by atoms with Gasteiger partial charge in [0.2, 0.25) is 0 Å². The molecule has 0 radical (unpaired) electrons. The van der Waals surface area contributed by atoms with E-state index in [9.17, 15) is 0 Å². The minimum Gasteiger partial charge on any atom is -0.0765 e. The monoisotopic (exact) mass is 258 g/mol. The molecule has 0 saturated carbocycles. The second kappa shape index (κ2) is 5.44. The molecule has 0 atom stereocenters. The zero-order valence-corrected chi connectivity index (χ0v) is 13.3. The zero-order valence-electron chi connectivity index (χ0n) is 12.3. The number of rotatable bonds is 4. The molecule has 0 aliphatic carbocycles. The summed E-state index contributed by atoms with van der Waals surface area (Å²) in [5.74, 6) is 0. The molecule has 0 aromatic heterocycles. The summed E-state index contributed by atoms with van der Waals surface area (Å²) < 4.78 is 0. The van der Waals surface area contributed by atoms with Crippen molar-refractivity contribution in [1.82, 2.24) is 0 Å². The fraction of sp³-hybridized carbons (Fsp3) is 0.529. The van der Waals surface area contributed by atoms with E-state index in [0.717, 1.165) is 0 Å². The van der Waals surface area contributed by atoms with Gasteiger partial charge in [0, 0.05) is 0 Å². The minimum absolute atomic E-state index is 1.20. The van der Waals surface area contributed by atoms with Crippen LogP contribution in [-0.2, 0) is 6.04 Å².